The summed E-state index contributed by atoms with van der Waals surface area (Å²) >= 11 is 0. The lowest BCUT2D eigenvalue weighted by atomic mass is 10.0. The van der Waals surface area contributed by atoms with E-state index in [0.29, 0.717) is 12.2 Å². The van der Waals surface area contributed by atoms with Crippen molar-refractivity contribution in [2.75, 3.05) is 13.7 Å². The molecule has 1 aliphatic heterocycles. The Balaban J connectivity index is 1.87. The van der Waals surface area contributed by atoms with E-state index >= 15 is 0 Å². The van der Waals surface area contributed by atoms with Gasteiger partial charge in [0.2, 0.25) is 0 Å². The van der Waals surface area contributed by atoms with Gasteiger partial charge in [-0.1, -0.05) is 31.1 Å². The van der Waals surface area contributed by atoms with Crippen molar-refractivity contribution in [1.82, 2.24) is 10.1 Å². The molecule has 1 fully saturated rings. The van der Waals surface area contributed by atoms with Gasteiger partial charge in [-0.2, -0.15) is 0 Å². The summed E-state index contributed by atoms with van der Waals surface area (Å²) in [5.74, 6) is 1.34. The molecule has 1 amide bonds. The normalized spacial score (nSPS) is 20.6. The van der Waals surface area contributed by atoms with Gasteiger partial charge in [-0.25, -0.2) is 0 Å². The second-order valence-electron chi connectivity index (χ2n) is 6.41. The molecule has 1 N–H and O–H groups in total. The number of amides is 1. The number of aliphatic hydroxyl groups is 1. The highest BCUT2D eigenvalue weighted by Crippen LogP contribution is 2.34. The van der Waals surface area contributed by atoms with E-state index in [4.69, 9.17) is 9.26 Å². The Kier molecular flexibility index (Phi) is 4.57. The van der Waals surface area contributed by atoms with Gasteiger partial charge in [0.25, 0.3) is 5.91 Å². The summed E-state index contributed by atoms with van der Waals surface area (Å²) in [5, 5.41) is 14.0. The number of aliphatic hydroxyl groups excluding tert-OH is 1. The molecule has 6 nitrogen and oxygen atoms in total. The molecule has 1 saturated heterocycles. The molecule has 2 atom stereocenters. The van der Waals surface area contributed by atoms with Crippen LogP contribution in [0.25, 0.3) is 0 Å². The van der Waals surface area contributed by atoms with Crippen LogP contribution >= 0.6 is 0 Å². The summed E-state index contributed by atoms with van der Waals surface area (Å²) in [4.78, 5) is 14.5. The maximum atomic E-state index is 12.8. The fourth-order valence-corrected chi connectivity index (χ4v) is 3.01. The maximum Gasteiger partial charge on any atom is 0.276 e. The smallest absolute Gasteiger partial charge is 0.276 e. The molecule has 0 spiro atoms. The molecule has 0 unspecified atom stereocenters. The van der Waals surface area contributed by atoms with E-state index in [1.165, 1.54) is 0 Å². The van der Waals surface area contributed by atoms with Crippen LogP contribution in [0.15, 0.2) is 34.9 Å². The summed E-state index contributed by atoms with van der Waals surface area (Å²) < 4.78 is 10.5. The molecule has 2 heterocycles. The van der Waals surface area contributed by atoms with E-state index in [0.717, 1.165) is 11.3 Å². The molecule has 1 aliphatic rings. The molecule has 0 radical (unpaired) electrons. The van der Waals surface area contributed by atoms with Gasteiger partial charge in [0.1, 0.15) is 11.5 Å². The number of methoxy groups -OCH3 is 1. The Bertz CT molecular complexity index is 725. The summed E-state index contributed by atoms with van der Waals surface area (Å²) in [6, 6.07) is 9.04. The van der Waals surface area contributed by atoms with Crippen molar-refractivity contribution >= 4 is 5.91 Å². The number of ether oxygens (including phenoxy) is 1. The van der Waals surface area contributed by atoms with Crippen LogP contribution in [0, 0.1) is 0 Å². The topological polar surface area (TPSA) is 75.8 Å². The van der Waals surface area contributed by atoms with Gasteiger partial charge >= 0.3 is 0 Å². The number of benzene rings is 1. The first-order valence-corrected chi connectivity index (χ1v) is 8.09. The minimum atomic E-state index is -0.554. The van der Waals surface area contributed by atoms with E-state index in [-0.39, 0.29) is 30.1 Å². The minimum absolute atomic E-state index is 0.164. The Morgan fingerprint density at radius 1 is 1.42 bits per heavy atom. The molecule has 0 aliphatic carbocycles. The van der Waals surface area contributed by atoms with E-state index in [2.05, 4.69) is 5.16 Å². The van der Waals surface area contributed by atoms with Crippen LogP contribution in [0.5, 0.6) is 5.75 Å². The molecule has 6 heteroatoms. The highest BCUT2D eigenvalue weighted by atomic mass is 16.5. The monoisotopic (exact) mass is 330 g/mol. The minimum Gasteiger partial charge on any atom is -0.497 e. The number of aromatic nitrogens is 1. The largest absolute Gasteiger partial charge is 0.497 e. The van der Waals surface area contributed by atoms with Crippen LogP contribution in [-0.4, -0.2) is 40.8 Å². The van der Waals surface area contributed by atoms with Gasteiger partial charge in [-0.05, 0) is 24.1 Å². The molecule has 0 saturated carbocycles. The first-order valence-electron chi connectivity index (χ1n) is 8.09. The number of rotatable bonds is 4. The van der Waals surface area contributed by atoms with Crippen LogP contribution in [0.2, 0.25) is 0 Å². The number of carbonyl (C=O) groups excluding carboxylic acids is 1. The van der Waals surface area contributed by atoms with Crippen molar-refractivity contribution < 1.29 is 19.2 Å². The number of hydrogen-bond acceptors (Lipinski definition) is 5. The third kappa shape index (κ3) is 3.14. The SMILES string of the molecule is COc1cccc([C@@H]2C[C@H](O)CN2C(=O)c2cc(C(C)C)on2)c1. The average Bonchev–Trinajstić information content (AvgIpc) is 3.21. The molecule has 1 aromatic heterocycles. The molecule has 1 aromatic carbocycles. The van der Waals surface area contributed by atoms with E-state index in [1.54, 1.807) is 18.1 Å². The van der Waals surface area contributed by atoms with Crippen molar-refractivity contribution in [3.63, 3.8) is 0 Å². The lowest BCUT2D eigenvalue weighted by Crippen LogP contribution is -2.32. The van der Waals surface area contributed by atoms with Gasteiger partial charge in [0.15, 0.2) is 5.69 Å². The second kappa shape index (κ2) is 6.65. The third-order valence-corrected chi connectivity index (χ3v) is 4.33. The van der Waals surface area contributed by atoms with Crippen LogP contribution in [0.4, 0.5) is 0 Å². The number of hydrogen-bond donors (Lipinski definition) is 1. The summed E-state index contributed by atoms with van der Waals surface area (Å²) in [6.45, 7) is 4.24. The summed E-state index contributed by atoms with van der Waals surface area (Å²) in [5.41, 5.74) is 1.22. The van der Waals surface area contributed by atoms with Crippen LogP contribution in [0.1, 0.15) is 54.0 Å². The lowest BCUT2D eigenvalue weighted by molar-refractivity contribution is 0.0705. The third-order valence-electron chi connectivity index (χ3n) is 4.33. The highest BCUT2D eigenvalue weighted by molar-refractivity contribution is 5.92. The second-order valence-corrected chi connectivity index (χ2v) is 6.41. The number of likely N-dealkylation sites (tertiary alicyclic amines) is 1. The first-order chi connectivity index (χ1) is 11.5. The summed E-state index contributed by atoms with van der Waals surface area (Å²) in [7, 11) is 1.61. The standard InChI is InChI=1S/C18H22N2O4/c1-11(2)17-9-15(19-24-17)18(22)20-10-13(21)8-16(20)12-5-4-6-14(7-12)23-3/h4-7,9,11,13,16,21H,8,10H2,1-3H3/t13-,16-/m0/s1. The van der Waals surface area contributed by atoms with Crippen molar-refractivity contribution in [3.05, 3.63) is 47.3 Å². The Labute approximate surface area is 141 Å². The number of carbonyl (C=O) groups is 1. The van der Waals surface area contributed by atoms with E-state index in [9.17, 15) is 9.90 Å². The zero-order valence-electron chi connectivity index (χ0n) is 14.1. The number of β-amino-alcohol motifs (C(OH)–C–C–N with tert-alkyl or cyclic N) is 1. The molecular formula is C18H22N2O4. The predicted octanol–water partition coefficient (Wildman–Crippen LogP) is 2.75. The maximum absolute atomic E-state index is 12.8. The van der Waals surface area contributed by atoms with Gasteiger partial charge in [-0.15, -0.1) is 0 Å². The molecule has 128 valence electrons. The van der Waals surface area contributed by atoms with Crippen molar-refractivity contribution in [2.45, 2.75) is 38.3 Å². The Morgan fingerprint density at radius 2 is 2.21 bits per heavy atom. The quantitative estimate of drug-likeness (QED) is 0.933. The van der Waals surface area contributed by atoms with E-state index in [1.807, 2.05) is 38.1 Å². The molecule has 0 bridgehead atoms. The fraction of sp³-hybridized carbons (Fsp3) is 0.444. The molecular weight excluding hydrogens is 308 g/mol. The Hall–Kier alpha value is -2.34. The fourth-order valence-electron chi connectivity index (χ4n) is 3.01. The van der Waals surface area contributed by atoms with Gasteiger partial charge in [0.05, 0.1) is 19.3 Å². The van der Waals surface area contributed by atoms with Crippen molar-refractivity contribution in [2.24, 2.45) is 0 Å². The van der Waals surface area contributed by atoms with Gasteiger partial charge < -0.3 is 19.3 Å². The van der Waals surface area contributed by atoms with Crippen molar-refractivity contribution in [1.29, 1.82) is 0 Å². The van der Waals surface area contributed by atoms with E-state index < -0.39 is 6.10 Å². The van der Waals surface area contributed by atoms with Crippen LogP contribution < -0.4 is 4.74 Å². The Morgan fingerprint density at radius 3 is 2.88 bits per heavy atom. The number of nitrogens with zero attached hydrogens (tertiary/aromatic N) is 2. The zero-order valence-corrected chi connectivity index (χ0v) is 14.1. The zero-order chi connectivity index (χ0) is 17.3. The van der Waals surface area contributed by atoms with Gasteiger partial charge in [-0.3, -0.25) is 4.79 Å². The molecule has 2 aromatic rings. The van der Waals surface area contributed by atoms with Crippen LogP contribution in [-0.2, 0) is 0 Å². The van der Waals surface area contributed by atoms with Crippen molar-refractivity contribution in [3.8, 4) is 5.75 Å². The van der Waals surface area contributed by atoms with Gasteiger partial charge in [0, 0.05) is 18.5 Å². The molecule has 24 heavy (non-hydrogen) atoms. The predicted molar refractivity (Wildman–Crippen MR) is 88.0 cm³/mol. The lowest BCUT2D eigenvalue weighted by Gasteiger charge is -2.24. The average molecular weight is 330 g/mol. The first kappa shape index (κ1) is 16.5. The summed E-state index contributed by atoms with van der Waals surface area (Å²) in [6.07, 6.45) is -0.0602. The van der Waals surface area contributed by atoms with Crippen LogP contribution in [0.3, 0.4) is 0 Å². The highest BCUT2D eigenvalue weighted by Gasteiger charge is 2.37. The molecule has 3 rings (SSSR count).